The summed E-state index contributed by atoms with van der Waals surface area (Å²) >= 11 is 0. The second kappa shape index (κ2) is 11.0. The fourth-order valence-corrected chi connectivity index (χ4v) is 13.5. The second-order valence-electron chi connectivity index (χ2n) is 15.9. The van der Waals surface area contributed by atoms with Crippen molar-refractivity contribution >= 4 is 20.1 Å². The van der Waals surface area contributed by atoms with Crippen LogP contribution in [0.4, 0.5) is 0 Å². The number of esters is 1. The zero-order chi connectivity index (χ0) is 32.9. The summed E-state index contributed by atoms with van der Waals surface area (Å²) in [5.74, 6) is -0.886. The Morgan fingerprint density at radius 1 is 1.07 bits per heavy atom. The summed E-state index contributed by atoms with van der Waals surface area (Å²) in [6, 6.07) is 11.3. The first-order valence-corrected chi connectivity index (χ1v) is 20.3. The molecule has 2 heterocycles. The minimum absolute atomic E-state index is 0.140. The van der Waals surface area contributed by atoms with Crippen LogP contribution in [0.25, 0.3) is 0 Å². The molecule has 0 radical (unpaired) electrons. The molecule has 1 N–H and O–H groups in total. The van der Waals surface area contributed by atoms with E-state index in [1.165, 1.54) is 6.42 Å². The van der Waals surface area contributed by atoms with Crippen molar-refractivity contribution in [2.75, 3.05) is 6.61 Å². The maximum Gasteiger partial charge on any atom is 0.338 e. The molecule has 1 aromatic carbocycles. The highest BCUT2D eigenvalue weighted by atomic mass is 28.4. The standard InChI is InChI=1S/C38H52O7Si/c1-8-46(9-2,10-3)45-38-29-26-16-17-27-28-25(23(4)5)18-19-35(28,6)20-21-36(27,7)31(29)44-34(38)42-22-37(41,33(38)40)30(26)43-32(39)24-14-12-11-13-15-24/h11-16,23,27,29-31,34,41H,8-10,17-22H2,1-7H3/t27-,29-,30+,31+,34+,35-,36-,37+,38-/m1/s1. The summed E-state index contributed by atoms with van der Waals surface area (Å²) in [4.78, 5) is 28.8. The third-order valence-electron chi connectivity index (χ3n) is 13.5. The zero-order valence-electron chi connectivity index (χ0n) is 28.7. The molecule has 4 fully saturated rings. The number of ketones is 1. The van der Waals surface area contributed by atoms with Crippen LogP contribution in [0.1, 0.15) is 90.9 Å². The Bertz CT molecular complexity index is 1470. The lowest BCUT2D eigenvalue weighted by atomic mass is 9.52. The molecular formula is C38H52O7Si. The van der Waals surface area contributed by atoms with E-state index in [0.29, 0.717) is 11.5 Å². The Balaban J connectivity index is 1.43. The van der Waals surface area contributed by atoms with Gasteiger partial charge in [0.2, 0.25) is 5.78 Å². The molecule has 6 aliphatic rings. The number of Topliss-reactive ketones (excluding diaryl/α,β-unsaturated/α-hetero) is 1. The monoisotopic (exact) mass is 648 g/mol. The predicted molar refractivity (Wildman–Crippen MR) is 177 cm³/mol. The van der Waals surface area contributed by atoms with Gasteiger partial charge in [0.25, 0.3) is 0 Å². The smallest absolute Gasteiger partial charge is 0.338 e. The number of benzene rings is 1. The van der Waals surface area contributed by atoms with Crippen molar-refractivity contribution in [3.05, 3.63) is 58.7 Å². The maximum absolute atomic E-state index is 15.1. The number of aliphatic hydroxyl groups is 1. The summed E-state index contributed by atoms with van der Waals surface area (Å²) in [6.07, 6.45) is 4.74. The number of carbonyl (C=O) groups excluding carboxylic acids is 2. The van der Waals surface area contributed by atoms with Gasteiger partial charge in [0.1, 0.15) is 0 Å². The van der Waals surface area contributed by atoms with Gasteiger partial charge in [-0.05, 0) is 85.2 Å². The van der Waals surface area contributed by atoms with Gasteiger partial charge in [-0.1, -0.05) is 83.9 Å². The molecule has 0 unspecified atom stereocenters. The number of carbonyl (C=O) groups is 2. The summed E-state index contributed by atoms with van der Waals surface area (Å²) in [5.41, 5.74) is 0.542. The zero-order valence-corrected chi connectivity index (χ0v) is 29.7. The largest absolute Gasteiger partial charge is 0.451 e. The van der Waals surface area contributed by atoms with E-state index < -0.39 is 55.7 Å². The van der Waals surface area contributed by atoms with Crippen molar-refractivity contribution < 1.29 is 33.3 Å². The molecule has 2 saturated heterocycles. The van der Waals surface area contributed by atoms with Crippen LogP contribution in [0, 0.1) is 28.6 Å². The third-order valence-corrected chi connectivity index (χ3v) is 18.1. The normalized spacial score (nSPS) is 41.2. The first-order chi connectivity index (χ1) is 21.8. The molecule has 0 aromatic heterocycles. The van der Waals surface area contributed by atoms with Crippen molar-refractivity contribution in [2.45, 2.75) is 128 Å². The van der Waals surface area contributed by atoms with E-state index in [2.05, 4.69) is 54.5 Å². The second-order valence-corrected chi connectivity index (χ2v) is 20.6. The van der Waals surface area contributed by atoms with E-state index in [0.717, 1.165) is 49.4 Å². The van der Waals surface area contributed by atoms with Gasteiger partial charge in [-0.2, -0.15) is 0 Å². The lowest BCUT2D eigenvalue weighted by molar-refractivity contribution is -0.267. The highest BCUT2D eigenvalue weighted by Crippen LogP contribution is 2.69. The summed E-state index contributed by atoms with van der Waals surface area (Å²) in [5, 5.41) is 12.5. The Morgan fingerprint density at radius 3 is 2.41 bits per heavy atom. The Kier molecular flexibility index (Phi) is 7.73. The van der Waals surface area contributed by atoms with E-state index in [-0.39, 0.29) is 23.4 Å². The summed E-state index contributed by atoms with van der Waals surface area (Å²) in [6.45, 7) is 15.6. The molecule has 7 rings (SSSR count). The minimum atomic E-state index is -2.45. The van der Waals surface area contributed by atoms with Gasteiger partial charge in [0.05, 0.1) is 24.2 Å². The number of allylic oxidation sites excluding steroid dienone is 3. The fourth-order valence-electron chi connectivity index (χ4n) is 10.5. The van der Waals surface area contributed by atoms with E-state index in [9.17, 15) is 9.90 Å². The van der Waals surface area contributed by atoms with Crippen molar-refractivity contribution in [3.63, 3.8) is 0 Å². The SMILES string of the molecule is CC[Si](CC)(CC)O[C@]12C(=O)[C@]3(O)CO[C@H]1O[C@H]1[C@H]2C(=CC[C@@H]2C4=C(C(C)C)CC[C@]4(C)CC[C@]21C)[C@@H]3OC(=O)c1ccccc1. The molecule has 4 aliphatic carbocycles. The molecule has 2 bridgehead atoms. The van der Waals surface area contributed by atoms with Crippen LogP contribution in [0.3, 0.4) is 0 Å². The number of hydrogen-bond acceptors (Lipinski definition) is 7. The van der Waals surface area contributed by atoms with E-state index in [4.69, 9.17) is 18.6 Å². The molecular weight excluding hydrogens is 596 g/mol. The molecule has 0 spiro atoms. The van der Waals surface area contributed by atoms with Crippen LogP contribution in [0.15, 0.2) is 53.1 Å². The predicted octanol–water partition coefficient (Wildman–Crippen LogP) is 7.16. The molecule has 1 aromatic rings. The first-order valence-electron chi connectivity index (χ1n) is 17.8. The highest BCUT2D eigenvalue weighted by molar-refractivity contribution is 6.73. The molecule has 8 heteroatoms. The first kappa shape index (κ1) is 32.4. The van der Waals surface area contributed by atoms with Gasteiger partial charge >= 0.3 is 5.97 Å². The van der Waals surface area contributed by atoms with Crippen molar-refractivity contribution in [1.82, 2.24) is 0 Å². The van der Waals surface area contributed by atoms with E-state index >= 15 is 4.79 Å². The Morgan fingerprint density at radius 2 is 1.76 bits per heavy atom. The quantitative estimate of drug-likeness (QED) is 0.182. The van der Waals surface area contributed by atoms with Gasteiger partial charge in [-0.15, -0.1) is 0 Å². The molecule has 2 saturated carbocycles. The van der Waals surface area contributed by atoms with Crippen LogP contribution < -0.4 is 0 Å². The molecule has 7 nitrogen and oxygen atoms in total. The Labute approximate surface area is 275 Å². The average Bonchev–Trinajstić information content (AvgIpc) is 3.56. The Hall–Kier alpha value is -2.10. The van der Waals surface area contributed by atoms with Gasteiger partial charge in [0.15, 0.2) is 31.9 Å². The molecule has 250 valence electrons. The van der Waals surface area contributed by atoms with Crippen molar-refractivity contribution in [3.8, 4) is 0 Å². The van der Waals surface area contributed by atoms with Crippen LogP contribution >= 0.6 is 0 Å². The number of hydrogen-bond donors (Lipinski definition) is 1. The molecule has 9 atom stereocenters. The summed E-state index contributed by atoms with van der Waals surface area (Å²) in [7, 11) is -2.45. The highest BCUT2D eigenvalue weighted by Gasteiger charge is 2.80. The fraction of sp³-hybridized carbons (Fsp3) is 0.684. The average molecular weight is 649 g/mol. The number of fused-ring (bicyclic) bond motifs is 5. The molecule has 46 heavy (non-hydrogen) atoms. The van der Waals surface area contributed by atoms with Gasteiger partial charge in [-0.3, -0.25) is 4.79 Å². The van der Waals surface area contributed by atoms with Crippen LogP contribution in [-0.2, 0) is 23.4 Å². The van der Waals surface area contributed by atoms with Gasteiger partial charge < -0.3 is 23.7 Å². The van der Waals surface area contributed by atoms with Crippen LogP contribution in [-0.4, -0.2) is 61.5 Å². The number of ether oxygens (including phenoxy) is 3. The van der Waals surface area contributed by atoms with Crippen molar-refractivity contribution in [1.29, 1.82) is 0 Å². The number of rotatable bonds is 8. The lowest BCUT2D eigenvalue weighted by Crippen LogP contribution is -2.78. The topological polar surface area (TPSA) is 91.3 Å². The minimum Gasteiger partial charge on any atom is -0.451 e. The van der Waals surface area contributed by atoms with E-state index in [1.54, 1.807) is 35.4 Å². The van der Waals surface area contributed by atoms with Crippen molar-refractivity contribution in [2.24, 2.45) is 28.6 Å². The third kappa shape index (κ3) is 4.22. The van der Waals surface area contributed by atoms with Gasteiger partial charge in [0, 0.05) is 5.41 Å². The molecule has 2 aliphatic heterocycles. The van der Waals surface area contributed by atoms with E-state index in [1.807, 2.05) is 6.07 Å². The van der Waals surface area contributed by atoms with Crippen LogP contribution in [0.2, 0.25) is 18.1 Å². The lowest BCUT2D eigenvalue weighted by Gasteiger charge is -2.57. The summed E-state index contributed by atoms with van der Waals surface area (Å²) < 4.78 is 27.1. The van der Waals surface area contributed by atoms with Crippen LogP contribution in [0.5, 0.6) is 0 Å². The maximum atomic E-state index is 15.1. The van der Waals surface area contributed by atoms with Gasteiger partial charge in [-0.25, -0.2) is 4.79 Å². The molecule has 0 amide bonds.